The molecule has 0 aliphatic heterocycles. The third kappa shape index (κ3) is 3.83. The van der Waals surface area contributed by atoms with Crippen LogP contribution >= 0.6 is 0 Å². The monoisotopic (exact) mass is 273 g/mol. The quantitative estimate of drug-likeness (QED) is 0.838. The van der Waals surface area contributed by atoms with Gasteiger partial charge in [-0.1, -0.05) is 39.0 Å². The lowest BCUT2D eigenvalue weighted by molar-refractivity contribution is 0.452. The molecule has 2 aromatic rings. The summed E-state index contributed by atoms with van der Waals surface area (Å²) in [6, 6.07) is 8.49. The van der Waals surface area contributed by atoms with Crippen LogP contribution in [0.2, 0.25) is 0 Å². The molecule has 1 N–H and O–H groups in total. The van der Waals surface area contributed by atoms with Crippen LogP contribution in [-0.2, 0) is 13.5 Å². The van der Waals surface area contributed by atoms with Gasteiger partial charge in [-0.25, -0.2) is 0 Å². The Hall–Kier alpha value is -1.35. The molecule has 0 saturated carbocycles. The van der Waals surface area contributed by atoms with Crippen molar-refractivity contribution in [3.05, 3.63) is 30.0 Å². The average Bonchev–Trinajstić information content (AvgIpc) is 2.73. The molecular formula is C17H27N3. The van der Waals surface area contributed by atoms with Gasteiger partial charge in [-0.2, -0.15) is 5.10 Å². The minimum absolute atomic E-state index is 0.689. The zero-order valence-electron chi connectivity index (χ0n) is 13.2. The topological polar surface area (TPSA) is 29.9 Å². The molecule has 3 nitrogen and oxygen atoms in total. The van der Waals surface area contributed by atoms with Gasteiger partial charge in [-0.15, -0.1) is 0 Å². The van der Waals surface area contributed by atoms with E-state index in [9.17, 15) is 0 Å². The van der Waals surface area contributed by atoms with E-state index in [1.54, 1.807) is 0 Å². The molecule has 1 aromatic carbocycles. The van der Waals surface area contributed by atoms with Crippen molar-refractivity contribution in [1.82, 2.24) is 15.1 Å². The minimum Gasteiger partial charge on any atom is -0.316 e. The van der Waals surface area contributed by atoms with E-state index in [2.05, 4.69) is 55.5 Å². The third-order valence-corrected chi connectivity index (χ3v) is 3.75. The van der Waals surface area contributed by atoms with E-state index in [1.165, 1.54) is 23.0 Å². The molecule has 2 rings (SSSR count). The standard InChI is InChI=1S/C17H27N3/c1-13(2)11-18-12-14(3)9-10-16-15-7-5-6-8-17(15)20(4)19-16/h5-8,13-14,18H,9-12H2,1-4H3. The minimum atomic E-state index is 0.689. The molecule has 20 heavy (non-hydrogen) atoms. The highest BCUT2D eigenvalue weighted by atomic mass is 15.3. The molecule has 3 heteroatoms. The summed E-state index contributed by atoms with van der Waals surface area (Å²) < 4.78 is 1.99. The van der Waals surface area contributed by atoms with Crippen LogP contribution in [0.5, 0.6) is 0 Å². The molecule has 0 aliphatic rings. The predicted octanol–water partition coefficient (Wildman–Crippen LogP) is 3.39. The highest BCUT2D eigenvalue weighted by Crippen LogP contribution is 2.19. The Morgan fingerprint density at radius 1 is 1.15 bits per heavy atom. The van der Waals surface area contributed by atoms with Gasteiger partial charge in [0.1, 0.15) is 0 Å². The first-order valence-electron chi connectivity index (χ1n) is 7.69. The number of hydrogen-bond acceptors (Lipinski definition) is 2. The van der Waals surface area contributed by atoms with Crippen molar-refractivity contribution in [3.63, 3.8) is 0 Å². The first kappa shape index (κ1) is 15.0. The summed E-state index contributed by atoms with van der Waals surface area (Å²) in [5.41, 5.74) is 2.46. The number of benzene rings is 1. The molecule has 1 unspecified atom stereocenters. The fourth-order valence-corrected chi connectivity index (χ4v) is 2.58. The molecule has 1 atom stereocenters. The third-order valence-electron chi connectivity index (χ3n) is 3.75. The fourth-order valence-electron chi connectivity index (χ4n) is 2.58. The Morgan fingerprint density at radius 3 is 2.65 bits per heavy atom. The van der Waals surface area contributed by atoms with Crippen LogP contribution in [0, 0.1) is 11.8 Å². The lowest BCUT2D eigenvalue weighted by Gasteiger charge is -2.13. The zero-order chi connectivity index (χ0) is 14.5. The van der Waals surface area contributed by atoms with Gasteiger partial charge in [0.25, 0.3) is 0 Å². The van der Waals surface area contributed by atoms with E-state index in [-0.39, 0.29) is 0 Å². The second-order valence-corrected chi connectivity index (χ2v) is 6.28. The van der Waals surface area contributed by atoms with Crippen molar-refractivity contribution < 1.29 is 0 Å². The van der Waals surface area contributed by atoms with Gasteiger partial charge in [0.2, 0.25) is 0 Å². The molecule has 0 bridgehead atoms. The normalized spacial score (nSPS) is 13.2. The van der Waals surface area contributed by atoms with E-state index >= 15 is 0 Å². The number of fused-ring (bicyclic) bond motifs is 1. The van der Waals surface area contributed by atoms with Crippen LogP contribution in [0.15, 0.2) is 24.3 Å². The molecule has 0 spiro atoms. The number of hydrogen-bond donors (Lipinski definition) is 1. The number of aryl methyl sites for hydroxylation is 2. The van der Waals surface area contributed by atoms with Gasteiger partial charge in [0.05, 0.1) is 11.2 Å². The lowest BCUT2D eigenvalue weighted by atomic mass is 10.0. The zero-order valence-corrected chi connectivity index (χ0v) is 13.2. The molecule has 0 saturated heterocycles. The van der Waals surface area contributed by atoms with Crippen LogP contribution in [-0.4, -0.2) is 22.9 Å². The fraction of sp³-hybridized carbons (Fsp3) is 0.588. The number of nitrogens with one attached hydrogen (secondary N) is 1. The maximum atomic E-state index is 4.67. The van der Waals surface area contributed by atoms with Crippen LogP contribution in [0.25, 0.3) is 10.9 Å². The Morgan fingerprint density at radius 2 is 1.90 bits per heavy atom. The maximum absolute atomic E-state index is 4.67. The number of rotatable bonds is 7. The van der Waals surface area contributed by atoms with Crippen molar-refractivity contribution in [2.75, 3.05) is 13.1 Å². The Bertz CT molecular complexity index is 542. The van der Waals surface area contributed by atoms with Crippen molar-refractivity contribution >= 4 is 10.9 Å². The summed E-state index contributed by atoms with van der Waals surface area (Å²) >= 11 is 0. The Kier molecular flexibility index (Phi) is 5.18. The molecule has 0 aliphatic carbocycles. The van der Waals surface area contributed by atoms with Gasteiger partial charge in [-0.05, 0) is 43.8 Å². The van der Waals surface area contributed by atoms with E-state index in [0.717, 1.165) is 25.4 Å². The van der Waals surface area contributed by atoms with E-state index in [4.69, 9.17) is 0 Å². The molecule has 1 heterocycles. The lowest BCUT2D eigenvalue weighted by Crippen LogP contribution is -2.25. The highest BCUT2D eigenvalue weighted by Gasteiger charge is 2.09. The van der Waals surface area contributed by atoms with E-state index in [0.29, 0.717) is 5.92 Å². The van der Waals surface area contributed by atoms with Gasteiger partial charge in [-0.3, -0.25) is 4.68 Å². The molecule has 0 fully saturated rings. The second-order valence-electron chi connectivity index (χ2n) is 6.28. The summed E-state index contributed by atoms with van der Waals surface area (Å²) in [6.07, 6.45) is 2.25. The van der Waals surface area contributed by atoms with Crippen molar-refractivity contribution in [1.29, 1.82) is 0 Å². The van der Waals surface area contributed by atoms with Crippen LogP contribution in [0.4, 0.5) is 0 Å². The second kappa shape index (κ2) is 6.89. The van der Waals surface area contributed by atoms with E-state index < -0.39 is 0 Å². The first-order chi connectivity index (χ1) is 9.58. The molecular weight excluding hydrogens is 246 g/mol. The number of nitrogens with zero attached hydrogens (tertiary/aromatic N) is 2. The molecule has 110 valence electrons. The maximum Gasteiger partial charge on any atom is 0.0703 e. The largest absolute Gasteiger partial charge is 0.316 e. The summed E-state index contributed by atoms with van der Waals surface area (Å²) in [4.78, 5) is 0. The Balaban J connectivity index is 1.89. The summed E-state index contributed by atoms with van der Waals surface area (Å²) in [5.74, 6) is 1.41. The Labute approximate surface area is 122 Å². The SMILES string of the molecule is CC(C)CNCC(C)CCc1nn(C)c2ccccc12. The van der Waals surface area contributed by atoms with Crippen molar-refractivity contribution in [2.24, 2.45) is 18.9 Å². The smallest absolute Gasteiger partial charge is 0.0703 e. The predicted molar refractivity (Wildman–Crippen MR) is 85.9 cm³/mol. The summed E-state index contributed by atoms with van der Waals surface area (Å²) in [7, 11) is 2.03. The van der Waals surface area contributed by atoms with Crippen molar-refractivity contribution in [2.45, 2.75) is 33.6 Å². The van der Waals surface area contributed by atoms with Crippen LogP contribution in [0.3, 0.4) is 0 Å². The number of aromatic nitrogens is 2. The van der Waals surface area contributed by atoms with Gasteiger partial charge in [0.15, 0.2) is 0 Å². The van der Waals surface area contributed by atoms with Crippen LogP contribution in [0.1, 0.15) is 32.9 Å². The van der Waals surface area contributed by atoms with Gasteiger partial charge >= 0.3 is 0 Å². The highest BCUT2D eigenvalue weighted by molar-refractivity contribution is 5.81. The first-order valence-corrected chi connectivity index (χ1v) is 7.69. The van der Waals surface area contributed by atoms with Crippen molar-refractivity contribution in [3.8, 4) is 0 Å². The van der Waals surface area contributed by atoms with Gasteiger partial charge in [0, 0.05) is 12.4 Å². The summed E-state index contributed by atoms with van der Waals surface area (Å²) in [6.45, 7) is 9.02. The summed E-state index contributed by atoms with van der Waals surface area (Å²) in [5, 5.41) is 9.51. The average molecular weight is 273 g/mol. The number of para-hydroxylation sites is 1. The molecule has 0 radical (unpaired) electrons. The molecule has 1 aromatic heterocycles. The van der Waals surface area contributed by atoms with Gasteiger partial charge < -0.3 is 5.32 Å². The van der Waals surface area contributed by atoms with Crippen LogP contribution < -0.4 is 5.32 Å². The molecule has 0 amide bonds. The van der Waals surface area contributed by atoms with E-state index in [1.807, 2.05) is 11.7 Å².